The minimum absolute atomic E-state index is 0.352. The summed E-state index contributed by atoms with van der Waals surface area (Å²) in [5.41, 5.74) is 1.47. The van der Waals surface area contributed by atoms with Crippen LogP contribution in [0.5, 0.6) is 0 Å². The Morgan fingerprint density at radius 1 is 1.50 bits per heavy atom. The largest absolute Gasteiger partial charge is 0.478 e. The first-order valence-electron chi connectivity index (χ1n) is 3.53. The number of aryl methyl sites for hydroxylation is 1. The lowest BCUT2D eigenvalue weighted by molar-refractivity contribution is 0.0696. The van der Waals surface area contributed by atoms with Gasteiger partial charge in [-0.2, -0.15) is 0 Å². The van der Waals surface area contributed by atoms with Crippen LogP contribution in [0.25, 0.3) is 0 Å². The Bertz CT molecular complexity index is 307. The van der Waals surface area contributed by atoms with E-state index in [-0.39, 0.29) is 0 Å². The minimum Gasteiger partial charge on any atom is -0.478 e. The minimum atomic E-state index is -0.870. The van der Waals surface area contributed by atoms with Crippen LogP contribution in [0.15, 0.2) is 23.1 Å². The molecule has 1 rings (SSSR count). The van der Waals surface area contributed by atoms with Crippen LogP contribution in [-0.2, 0) is 0 Å². The van der Waals surface area contributed by atoms with Gasteiger partial charge in [-0.25, -0.2) is 4.79 Å². The summed E-state index contributed by atoms with van der Waals surface area (Å²) in [7, 11) is 0. The van der Waals surface area contributed by atoms with Gasteiger partial charge in [0, 0.05) is 4.90 Å². The Morgan fingerprint density at radius 3 is 2.67 bits per heavy atom. The fourth-order valence-electron chi connectivity index (χ4n) is 0.953. The highest BCUT2D eigenvalue weighted by atomic mass is 32.2. The van der Waals surface area contributed by atoms with E-state index in [9.17, 15) is 4.79 Å². The molecule has 0 saturated heterocycles. The third-order valence-electron chi connectivity index (χ3n) is 1.66. The molecule has 0 bridgehead atoms. The van der Waals surface area contributed by atoms with E-state index in [4.69, 9.17) is 5.11 Å². The van der Waals surface area contributed by atoms with Gasteiger partial charge in [-0.1, -0.05) is 6.07 Å². The van der Waals surface area contributed by atoms with Gasteiger partial charge in [0.1, 0.15) is 0 Å². The highest BCUT2D eigenvalue weighted by Crippen LogP contribution is 2.20. The average Bonchev–Trinajstić information content (AvgIpc) is 2.05. The van der Waals surface area contributed by atoms with E-state index in [1.54, 1.807) is 23.9 Å². The first kappa shape index (κ1) is 9.13. The molecule has 64 valence electrons. The molecular weight excluding hydrogens is 172 g/mol. The topological polar surface area (TPSA) is 37.3 Å². The van der Waals surface area contributed by atoms with Crippen molar-refractivity contribution in [1.82, 2.24) is 0 Å². The van der Waals surface area contributed by atoms with Gasteiger partial charge in [-0.3, -0.25) is 0 Å². The van der Waals surface area contributed by atoms with Crippen molar-refractivity contribution in [3.05, 3.63) is 29.3 Å². The molecule has 0 aliphatic heterocycles. The molecule has 1 aromatic carbocycles. The predicted octanol–water partition coefficient (Wildman–Crippen LogP) is 2.42. The van der Waals surface area contributed by atoms with Gasteiger partial charge in [0.15, 0.2) is 0 Å². The van der Waals surface area contributed by atoms with E-state index in [1.807, 2.05) is 19.2 Å². The highest BCUT2D eigenvalue weighted by Gasteiger charge is 2.04. The maximum Gasteiger partial charge on any atom is 0.335 e. The lowest BCUT2D eigenvalue weighted by Crippen LogP contribution is -1.96. The lowest BCUT2D eigenvalue weighted by Gasteiger charge is -2.02. The number of benzene rings is 1. The number of rotatable bonds is 2. The maximum absolute atomic E-state index is 10.6. The van der Waals surface area contributed by atoms with Crippen molar-refractivity contribution in [1.29, 1.82) is 0 Å². The van der Waals surface area contributed by atoms with Crippen molar-refractivity contribution in [2.75, 3.05) is 6.26 Å². The van der Waals surface area contributed by atoms with Gasteiger partial charge < -0.3 is 5.11 Å². The van der Waals surface area contributed by atoms with Gasteiger partial charge in [0.05, 0.1) is 5.56 Å². The molecule has 12 heavy (non-hydrogen) atoms. The number of carbonyl (C=O) groups is 1. The Kier molecular flexibility index (Phi) is 2.76. The molecule has 2 nitrogen and oxygen atoms in total. The number of hydrogen-bond donors (Lipinski definition) is 1. The molecule has 0 radical (unpaired) electrons. The molecule has 1 N–H and O–H groups in total. The zero-order chi connectivity index (χ0) is 9.14. The average molecular weight is 182 g/mol. The van der Waals surface area contributed by atoms with E-state index in [2.05, 4.69) is 0 Å². The zero-order valence-corrected chi connectivity index (χ0v) is 7.81. The maximum atomic E-state index is 10.6. The molecule has 0 fully saturated rings. The van der Waals surface area contributed by atoms with Crippen LogP contribution in [0.4, 0.5) is 0 Å². The van der Waals surface area contributed by atoms with E-state index >= 15 is 0 Å². The summed E-state index contributed by atoms with van der Waals surface area (Å²) in [6, 6.07) is 5.15. The summed E-state index contributed by atoms with van der Waals surface area (Å²) in [6.45, 7) is 1.97. The summed E-state index contributed by atoms with van der Waals surface area (Å²) in [5, 5.41) is 8.69. The molecular formula is C9H10O2S. The summed E-state index contributed by atoms with van der Waals surface area (Å²) in [5.74, 6) is -0.870. The fourth-order valence-corrected chi connectivity index (χ4v) is 1.59. The van der Waals surface area contributed by atoms with Crippen molar-refractivity contribution < 1.29 is 9.90 Å². The standard InChI is InChI=1S/C9H10O2S/c1-6-3-4-7(9(10)11)5-8(6)12-2/h3-5H,1-2H3,(H,10,11). The van der Waals surface area contributed by atoms with Crippen molar-refractivity contribution >= 4 is 17.7 Å². The molecule has 0 heterocycles. The SMILES string of the molecule is CSc1cc(C(=O)O)ccc1C. The van der Waals surface area contributed by atoms with Crippen molar-refractivity contribution in [3.8, 4) is 0 Å². The quantitative estimate of drug-likeness (QED) is 0.714. The Hall–Kier alpha value is -0.960. The zero-order valence-electron chi connectivity index (χ0n) is 7.00. The Morgan fingerprint density at radius 2 is 2.17 bits per heavy atom. The summed E-state index contributed by atoms with van der Waals surface area (Å²) >= 11 is 1.56. The van der Waals surface area contributed by atoms with Crippen LogP contribution in [0, 0.1) is 6.92 Å². The van der Waals surface area contributed by atoms with Crippen molar-refractivity contribution in [2.24, 2.45) is 0 Å². The van der Waals surface area contributed by atoms with E-state index in [1.165, 1.54) is 0 Å². The van der Waals surface area contributed by atoms with Crippen molar-refractivity contribution in [2.45, 2.75) is 11.8 Å². The van der Waals surface area contributed by atoms with E-state index in [0.717, 1.165) is 10.5 Å². The van der Waals surface area contributed by atoms with Crippen LogP contribution >= 0.6 is 11.8 Å². The van der Waals surface area contributed by atoms with Gasteiger partial charge in [0.2, 0.25) is 0 Å². The lowest BCUT2D eigenvalue weighted by atomic mass is 10.1. The molecule has 0 spiro atoms. The summed E-state index contributed by atoms with van der Waals surface area (Å²) < 4.78 is 0. The van der Waals surface area contributed by atoms with Crippen LogP contribution in [0.2, 0.25) is 0 Å². The number of thioether (sulfide) groups is 1. The second kappa shape index (κ2) is 3.63. The van der Waals surface area contributed by atoms with Gasteiger partial charge >= 0.3 is 5.97 Å². The monoisotopic (exact) mass is 182 g/mol. The predicted molar refractivity (Wildman–Crippen MR) is 49.9 cm³/mol. The molecule has 0 unspecified atom stereocenters. The molecule has 0 atom stereocenters. The normalized spacial score (nSPS) is 9.83. The van der Waals surface area contributed by atoms with E-state index < -0.39 is 5.97 Å². The van der Waals surface area contributed by atoms with Crippen LogP contribution in [-0.4, -0.2) is 17.3 Å². The van der Waals surface area contributed by atoms with Crippen LogP contribution < -0.4 is 0 Å². The number of aromatic carboxylic acids is 1. The van der Waals surface area contributed by atoms with E-state index in [0.29, 0.717) is 5.56 Å². The second-order valence-electron chi connectivity index (χ2n) is 2.49. The second-order valence-corrected chi connectivity index (χ2v) is 3.34. The summed E-state index contributed by atoms with van der Waals surface area (Å²) in [6.07, 6.45) is 1.94. The van der Waals surface area contributed by atoms with Gasteiger partial charge in [0.25, 0.3) is 0 Å². The Labute approximate surface area is 75.6 Å². The molecule has 0 amide bonds. The van der Waals surface area contributed by atoms with Crippen molar-refractivity contribution in [3.63, 3.8) is 0 Å². The highest BCUT2D eigenvalue weighted by molar-refractivity contribution is 7.98. The van der Waals surface area contributed by atoms with Crippen LogP contribution in [0.1, 0.15) is 15.9 Å². The fraction of sp³-hybridized carbons (Fsp3) is 0.222. The molecule has 0 saturated carbocycles. The third-order valence-corrected chi connectivity index (χ3v) is 2.53. The number of hydrogen-bond acceptors (Lipinski definition) is 2. The van der Waals surface area contributed by atoms with Gasteiger partial charge in [-0.05, 0) is 30.9 Å². The Balaban J connectivity index is 3.13. The van der Waals surface area contributed by atoms with Crippen LogP contribution in [0.3, 0.4) is 0 Å². The molecule has 3 heteroatoms. The first-order chi connectivity index (χ1) is 5.65. The third kappa shape index (κ3) is 1.80. The molecule has 0 aliphatic carbocycles. The molecule has 1 aromatic rings. The molecule has 0 aliphatic rings. The molecule has 0 aromatic heterocycles. The number of carboxylic acids is 1. The summed E-state index contributed by atoms with van der Waals surface area (Å²) in [4.78, 5) is 11.6. The first-order valence-corrected chi connectivity index (χ1v) is 4.75. The van der Waals surface area contributed by atoms with Gasteiger partial charge in [-0.15, -0.1) is 11.8 Å². The number of carboxylic acid groups (broad SMARTS) is 1. The smallest absolute Gasteiger partial charge is 0.335 e.